The van der Waals surface area contributed by atoms with Gasteiger partial charge >= 0.3 is 0 Å². The van der Waals surface area contributed by atoms with Gasteiger partial charge in [-0.15, -0.1) is 11.6 Å². The number of hydrogen-bond acceptors (Lipinski definition) is 3. The van der Waals surface area contributed by atoms with Gasteiger partial charge in [0.2, 0.25) is 0 Å². The van der Waals surface area contributed by atoms with Gasteiger partial charge in [-0.2, -0.15) is 0 Å². The second kappa shape index (κ2) is 6.53. The molecule has 0 spiro atoms. The Balaban J connectivity index is 1.76. The molecule has 0 radical (unpaired) electrons. The lowest BCUT2D eigenvalue weighted by Gasteiger charge is -2.32. The van der Waals surface area contributed by atoms with Gasteiger partial charge in [0.25, 0.3) is 0 Å². The quantitative estimate of drug-likeness (QED) is 0.797. The molecule has 0 aliphatic carbocycles. The number of aryl methyl sites for hydroxylation is 2. The van der Waals surface area contributed by atoms with Gasteiger partial charge in [0.15, 0.2) is 0 Å². The van der Waals surface area contributed by atoms with Crippen molar-refractivity contribution in [2.45, 2.75) is 51.5 Å². The molecule has 1 aromatic rings. The number of nitrogens with zero attached hydrogens (tertiary/aromatic N) is 3. The SMILES string of the molecule is Cc1cc(C)c(CCl)c(N2CCC(N3CCCCC3)C2)n1. The van der Waals surface area contributed by atoms with Crippen molar-refractivity contribution < 1.29 is 0 Å². The topological polar surface area (TPSA) is 19.4 Å². The summed E-state index contributed by atoms with van der Waals surface area (Å²) in [6.45, 7) is 9.00. The molecule has 0 N–H and O–H groups in total. The zero-order valence-corrected chi connectivity index (χ0v) is 14.0. The molecule has 4 heteroatoms. The van der Waals surface area contributed by atoms with Crippen molar-refractivity contribution >= 4 is 17.4 Å². The van der Waals surface area contributed by atoms with Gasteiger partial charge in [-0.3, -0.25) is 4.90 Å². The van der Waals surface area contributed by atoms with Crippen LogP contribution in [-0.2, 0) is 5.88 Å². The van der Waals surface area contributed by atoms with Crippen LogP contribution in [0.4, 0.5) is 5.82 Å². The first-order valence-corrected chi connectivity index (χ1v) is 8.74. The highest BCUT2D eigenvalue weighted by Gasteiger charge is 2.30. The number of anilines is 1. The average Bonchev–Trinajstić information content (AvgIpc) is 2.97. The molecular formula is C17H26ClN3. The Morgan fingerprint density at radius 1 is 1.19 bits per heavy atom. The summed E-state index contributed by atoms with van der Waals surface area (Å²) < 4.78 is 0. The fraction of sp³-hybridized carbons (Fsp3) is 0.706. The highest BCUT2D eigenvalue weighted by molar-refractivity contribution is 6.17. The van der Waals surface area contributed by atoms with E-state index in [4.69, 9.17) is 16.6 Å². The normalized spacial score (nSPS) is 23.8. The van der Waals surface area contributed by atoms with Crippen LogP contribution in [0.2, 0.25) is 0 Å². The Hall–Kier alpha value is -0.800. The summed E-state index contributed by atoms with van der Waals surface area (Å²) in [5.74, 6) is 1.68. The minimum atomic E-state index is 0.555. The third kappa shape index (κ3) is 3.19. The monoisotopic (exact) mass is 307 g/mol. The van der Waals surface area contributed by atoms with E-state index >= 15 is 0 Å². The second-order valence-electron chi connectivity index (χ2n) is 6.50. The molecule has 21 heavy (non-hydrogen) atoms. The number of piperidine rings is 1. The van der Waals surface area contributed by atoms with E-state index in [1.807, 2.05) is 0 Å². The molecule has 2 fully saturated rings. The summed E-state index contributed by atoms with van der Waals surface area (Å²) >= 11 is 6.18. The molecule has 0 amide bonds. The number of halogens is 1. The Labute approximate surface area is 133 Å². The van der Waals surface area contributed by atoms with E-state index in [2.05, 4.69) is 29.7 Å². The van der Waals surface area contributed by atoms with Crippen molar-refractivity contribution in [2.75, 3.05) is 31.1 Å². The lowest BCUT2D eigenvalue weighted by atomic mass is 10.1. The van der Waals surface area contributed by atoms with Crippen molar-refractivity contribution in [3.05, 3.63) is 22.9 Å². The molecule has 116 valence electrons. The molecule has 3 heterocycles. The van der Waals surface area contributed by atoms with E-state index in [9.17, 15) is 0 Å². The maximum atomic E-state index is 6.18. The number of rotatable bonds is 3. The van der Waals surface area contributed by atoms with Gasteiger partial charge in [0.1, 0.15) is 5.82 Å². The third-order valence-electron chi connectivity index (χ3n) is 4.96. The van der Waals surface area contributed by atoms with Crippen LogP contribution in [0.3, 0.4) is 0 Å². The molecule has 3 rings (SSSR count). The van der Waals surface area contributed by atoms with Crippen LogP contribution < -0.4 is 4.90 Å². The molecule has 1 unspecified atom stereocenters. The Kier molecular flexibility index (Phi) is 4.70. The Morgan fingerprint density at radius 3 is 2.67 bits per heavy atom. The van der Waals surface area contributed by atoms with E-state index in [0.717, 1.165) is 24.6 Å². The molecule has 2 saturated heterocycles. The van der Waals surface area contributed by atoms with Gasteiger partial charge in [-0.25, -0.2) is 4.98 Å². The predicted octanol–water partition coefficient (Wildman–Crippen LogP) is 3.50. The maximum absolute atomic E-state index is 6.18. The number of hydrogen-bond donors (Lipinski definition) is 0. The fourth-order valence-electron chi connectivity index (χ4n) is 3.79. The number of pyridine rings is 1. The molecule has 1 aromatic heterocycles. The molecule has 3 nitrogen and oxygen atoms in total. The van der Waals surface area contributed by atoms with Crippen LogP contribution in [0.15, 0.2) is 6.07 Å². The van der Waals surface area contributed by atoms with E-state index in [1.165, 1.54) is 49.9 Å². The summed E-state index contributed by atoms with van der Waals surface area (Å²) in [7, 11) is 0. The first-order valence-electron chi connectivity index (χ1n) is 8.21. The lowest BCUT2D eigenvalue weighted by Crippen LogP contribution is -2.41. The molecule has 0 aromatic carbocycles. The van der Waals surface area contributed by atoms with Crippen LogP contribution >= 0.6 is 11.6 Å². The zero-order chi connectivity index (χ0) is 14.8. The summed E-state index contributed by atoms with van der Waals surface area (Å²) in [4.78, 5) is 9.93. The minimum absolute atomic E-state index is 0.555. The van der Waals surface area contributed by atoms with Gasteiger partial charge < -0.3 is 4.90 Å². The summed E-state index contributed by atoms with van der Waals surface area (Å²) in [5, 5.41) is 0. The van der Waals surface area contributed by atoms with Crippen LogP contribution in [0.25, 0.3) is 0 Å². The highest BCUT2D eigenvalue weighted by Crippen LogP contribution is 2.29. The minimum Gasteiger partial charge on any atom is -0.355 e. The van der Waals surface area contributed by atoms with E-state index in [-0.39, 0.29) is 0 Å². The fourth-order valence-corrected chi connectivity index (χ4v) is 4.12. The van der Waals surface area contributed by atoms with E-state index in [1.54, 1.807) is 0 Å². The molecule has 0 saturated carbocycles. The van der Waals surface area contributed by atoms with Gasteiger partial charge in [0.05, 0.1) is 5.88 Å². The number of likely N-dealkylation sites (tertiary alicyclic amines) is 1. The maximum Gasteiger partial charge on any atom is 0.133 e. The molecule has 0 bridgehead atoms. The first kappa shape index (κ1) is 15.1. The van der Waals surface area contributed by atoms with Crippen LogP contribution in [0.5, 0.6) is 0 Å². The van der Waals surface area contributed by atoms with Crippen LogP contribution in [0.1, 0.15) is 42.5 Å². The first-order chi connectivity index (χ1) is 10.2. The van der Waals surface area contributed by atoms with Gasteiger partial charge in [-0.1, -0.05) is 6.42 Å². The van der Waals surface area contributed by atoms with Crippen molar-refractivity contribution in [1.82, 2.24) is 9.88 Å². The smallest absolute Gasteiger partial charge is 0.133 e. The van der Waals surface area contributed by atoms with Crippen molar-refractivity contribution in [2.24, 2.45) is 0 Å². The largest absolute Gasteiger partial charge is 0.355 e. The standard InChI is InChI=1S/C17H26ClN3/c1-13-10-14(2)19-17(16(13)11-18)21-9-6-15(12-21)20-7-4-3-5-8-20/h10,15H,3-9,11-12H2,1-2H3. The van der Waals surface area contributed by atoms with Crippen LogP contribution in [-0.4, -0.2) is 42.1 Å². The van der Waals surface area contributed by atoms with Crippen LogP contribution in [0, 0.1) is 13.8 Å². The molecule has 2 aliphatic rings. The molecular weight excluding hydrogens is 282 g/mol. The number of alkyl halides is 1. The Bertz CT molecular complexity index is 497. The third-order valence-corrected chi connectivity index (χ3v) is 5.22. The Morgan fingerprint density at radius 2 is 1.95 bits per heavy atom. The summed E-state index contributed by atoms with van der Waals surface area (Å²) in [5.41, 5.74) is 3.58. The average molecular weight is 308 g/mol. The van der Waals surface area contributed by atoms with E-state index < -0.39 is 0 Å². The van der Waals surface area contributed by atoms with Gasteiger partial charge in [0, 0.05) is 30.4 Å². The predicted molar refractivity (Wildman–Crippen MR) is 89.3 cm³/mol. The van der Waals surface area contributed by atoms with Gasteiger partial charge in [-0.05, 0) is 57.8 Å². The number of aromatic nitrogens is 1. The van der Waals surface area contributed by atoms with Crippen molar-refractivity contribution in [3.63, 3.8) is 0 Å². The summed E-state index contributed by atoms with van der Waals surface area (Å²) in [6, 6.07) is 2.84. The molecule has 1 atom stereocenters. The highest BCUT2D eigenvalue weighted by atomic mass is 35.5. The second-order valence-corrected chi connectivity index (χ2v) is 6.77. The lowest BCUT2D eigenvalue weighted by molar-refractivity contribution is 0.175. The molecule has 2 aliphatic heterocycles. The van der Waals surface area contributed by atoms with E-state index in [0.29, 0.717) is 11.9 Å². The van der Waals surface area contributed by atoms with Crippen molar-refractivity contribution in [3.8, 4) is 0 Å². The zero-order valence-electron chi connectivity index (χ0n) is 13.2. The summed E-state index contributed by atoms with van der Waals surface area (Å²) in [6.07, 6.45) is 5.40. The van der Waals surface area contributed by atoms with Crippen molar-refractivity contribution in [1.29, 1.82) is 0 Å².